The number of aromatic nitrogens is 3. The van der Waals surface area contributed by atoms with Gasteiger partial charge in [-0.2, -0.15) is 5.10 Å². The molecule has 2 N–H and O–H groups in total. The molecule has 0 saturated heterocycles. The van der Waals surface area contributed by atoms with Crippen LogP contribution in [0.25, 0.3) is 5.82 Å². The molecule has 0 aliphatic carbocycles. The molecule has 0 fully saturated rings. The van der Waals surface area contributed by atoms with Crippen LogP contribution in [0.15, 0.2) is 30.7 Å². The van der Waals surface area contributed by atoms with Gasteiger partial charge in [-0.3, -0.25) is 9.48 Å². The van der Waals surface area contributed by atoms with E-state index in [0.29, 0.717) is 11.4 Å². The molecule has 1 atom stereocenters. The van der Waals surface area contributed by atoms with Gasteiger partial charge in [-0.15, -0.1) is 0 Å². The standard InChI is InChI=1S/C12H16N4O2/c1-9(8-17)14-11(18)10-7-13-15(2)12(10)16-5-3-4-6-16/h3-7,9,17H,8H2,1-2H3,(H,14,18)/t9-/m0/s1. The number of aliphatic hydroxyl groups excluding tert-OH is 1. The van der Waals surface area contributed by atoms with Gasteiger partial charge in [0.15, 0.2) is 0 Å². The fraction of sp³-hybridized carbons (Fsp3) is 0.333. The topological polar surface area (TPSA) is 72.1 Å². The van der Waals surface area contributed by atoms with E-state index in [-0.39, 0.29) is 18.6 Å². The quantitative estimate of drug-likeness (QED) is 0.818. The Hall–Kier alpha value is -2.08. The molecule has 0 aliphatic heterocycles. The summed E-state index contributed by atoms with van der Waals surface area (Å²) in [7, 11) is 1.78. The van der Waals surface area contributed by atoms with Crippen molar-refractivity contribution in [3.05, 3.63) is 36.3 Å². The number of amides is 1. The number of carbonyl (C=O) groups is 1. The number of nitrogens with one attached hydrogen (secondary N) is 1. The second kappa shape index (κ2) is 5.05. The first kappa shape index (κ1) is 12.4. The minimum atomic E-state index is -0.282. The zero-order valence-electron chi connectivity index (χ0n) is 10.4. The van der Waals surface area contributed by atoms with Crippen LogP contribution in [0.1, 0.15) is 17.3 Å². The van der Waals surface area contributed by atoms with Crippen LogP contribution >= 0.6 is 0 Å². The first-order valence-corrected chi connectivity index (χ1v) is 5.70. The molecule has 6 nitrogen and oxygen atoms in total. The van der Waals surface area contributed by atoms with E-state index in [4.69, 9.17) is 5.11 Å². The third kappa shape index (κ3) is 2.28. The molecule has 0 unspecified atom stereocenters. The van der Waals surface area contributed by atoms with E-state index in [9.17, 15) is 4.79 Å². The van der Waals surface area contributed by atoms with E-state index in [1.807, 2.05) is 29.1 Å². The van der Waals surface area contributed by atoms with Gasteiger partial charge in [-0.25, -0.2) is 0 Å². The van der Waals surface area contributed by atoms with Crippen LogP contribution in [-0.4, -0.2) is 38.0 Å². The predicted molar refractivity (Wildman–Crippen MR) is 66.5 cm³/mol. The Balaban J connectivity index is 2.32. The predicted octanol–water partition coefficient (Wildman–Crippen LogP) is 0.321. The second-order valence-electron chi connectivity index (χ2n) is 4.15. The first-order chi connectivity index (χ1) is 8.63. The van der Waals surface area contributed by atoms with Crippen molar-refractivity contribution in [1.29, 1.82) is 0 Å². The highest BCUT2D eigenvalue weighted by molar-refractivity contribution is 5.97. The third-order valence-corrected chi connectivity index (χ3v) is 2.65. The largest absolute Gasteiger partial charge is 0.394 e. The Morgan fingerprint density at radius 1 is 1.50 bits per heavy atom. The van der Waals surface area contributed by atoms with Crippen LogP contribution < -0.4 is 5.32 Å². The highest BCUT2D eigenvalue weighted by atomic mass is 16.3. The van der Waals surface area contributed by atoms with Crippen molar-refractivity contribution in [1.82, 2.24) is 19.7 Å². The van der Waals surface area contributed by atoms with Gasteiger partial charge in [0.25, 0.3) is 5.91 Å². The third-order valence-electron chi connectivity index (χ3n) is 2.65. The molecule has 6 heteroatoms. The summed E-state index contributed by atoms with van der Waals surface area (Å²) in [5.74, 6) is 0.455. The second-order valence-corrected chi connectivity index (χ2v) is 4.15. The molecule has 0 spiro atoms. The maximum Gasteiger partial charge on any atom is 0.256 e. The number of nitrogens with zero attached hydrogens (tertiary/aromatic N) is 3. The highest BCUT2D eigenvalue weighted by Crippen LogP contribution is 2.13. The maximum atomic E-state index is 12.1. The number of hydrogen-bond acceptors (Lipinski definition) is 3. The van der Waals surface area contributed by atoms with Crippen molar-refractivity contribution >= 4 is 5.91 Å². The molecule has 0 aromatic carbocycles. The van der Waals surface area contributed by atoms with Crippen molar-refractivity contribution in [2.45, 2.75) is 13.0 Å². The van der Waals surface area contributed by atoms with E-state index in [1.54, 1.807) is 18.7 Å². The van der Waals surface area contributed by atoms with Crippen molar-refractivity contribution < 1.29 is 9.90 Å². The van der Waals surface area contributed by atoms with Crippen molar-refractivity contribution in [3.8, 4) is 5.82 Å². The van der Waals surface area contributed by atoms with Gasteiger partial charge in [-0.05, 0) is 19.1 Å². The fourth-order valence-corrected chi connectivity index (χ4v) is 1.72. The number of rotatable bonds is 4. The average Bonchev–Trinajstić information content (AvgIpc) is 2.97. The summed E-state index contributed by atoms with van der Waals surface area (Å²) in [6.45, 7) is 1.65. The number of aliphatic hydroxyl groups is 1. The summed E-state index contributed by atoms with van der Waals surface area (Å²) in [6, 6.07) is 3.48. The number of hydrogen-bond donors (Lipinski definition) is 2. The molecule has 1 amide bonds. The molecule has 2 heterocycles. The van der Waals surface area contributed by atoms with Crippen LogP contribution in [0.5, 0.6) is 0 Å². The Kier molecular flexibility index (Phi) is 3.47. The lowest BCUT2D eigenvalue weighted by molar-refractivity contribution is 0.0922. The molecule has 0 saturated carbocycles. The van der Waals surface area contributed by atoms with Gasteiger partial charge >= 0.3 is 0 Å². The van der Waals surface area contributed by atoms with Gasteiger partial charge in [0.05, 0.1) is 12.8 Å². The minimum Gasteiger partial charge on any atom is -0.394 e. The normalized spacial score (nSPS) is 12.4. The van der Waals surface area contributed by atoms with E-state index >= 15 is 0 Å². The van der Waals surface area contributed by atoms with Crippen LogP contribution in [0.4, 0.5) is 0 Å². The van der Waals surface area contributed by atoms with Crippen LogP contribution in [0, 0.1) is 0 Å². The Labute approximate surface area is 105 Å². The van der Waals surface area contributed by atoms with Crippen LogP contribution in [-0.2, 0) is 7.05 Å². The summed E-state index contributed by atoms with van der Waals surface area (Å²) >= 11 is 0. The van der Waals surface area contributed by atoms with Gasteiger partial charge in [-0.1, -0.05) is 0 Å². The minimum absolute atomic E-state index is 0.0924. The summed E-state index contributed by atoms with van der Waals surface area (Å²) in [5.41, 5.74) is 0.481. The summed E-state index contributed by atoms with van der Waals surface area (Å²) in [4.78, 5) is 12.1. The molecule has 0 radical (unpaired) electrons. The number of carbonyl (C=O) groups excluding carboxylic acids is 1. The average molecular weight is 248 g/mol. The summed E-state index contributed by atoms with van der Waals surface area (Å²) < 4.78 is 3.46. The van der Waals surface area contributed by atoms with Gasteiger partial charge in [0.1, 0.15) is 11.4 Å². The lowest BCUT2D eigenvalue weighted by atomic mass is 10.2. The monoisotopic (exact) mass is 248 g/mol. The lowest BCUT2D eigenvalue weighted by Crippen LogP contribution is -2.35. The lowest BCUT2D eigenvalue weighted by Gasteiger charge is -2.11. The number of aryl methyl sites for hydroxylation is 1. The molecular formula is C12H16N4O2. The van der Waals surface area contributed by atoms with E-state index in [1.165, 1.54) is 6.20 Å². The van der Waals surface area contributed by atoms with Gasteiger partial charge < -0.3 is 15.0 Å². The highest BCUT2D eigenvalue weighted by Gasteiger charge is 2.18. The summed E-state index contributed by atoms with van der Waals surface area (Å²) in [5, 5.41) is 15.8. The smallest absolute Gasteiger partial charge is 0.256 e. The van der Waals surface area contributed by atoms with Gasteiger partial charge in [0.2, 0.25) is 0 Å². The van der Waals surface area contributed by atoms with E-state index in [0.717, 1.165) is 0 Å². The molecule has 2 aromatic heterocycles. The molecule has 0 aliphatic rings. The van der Waals surface area contributed by atoms with E-state index in [2.05, 4.69) is 10.4 Å². The fourth-order valence-electron chi connectivity index (χ4n) is 1.72. The Bertz CT molecular complexity index is 530. The molecule has 0 bridgehead atoms. The SMILES string of the molecule is C[C@@H](CO)NC(=O)c1cnn(C)c1-n1cccc1. The molecular weight excluding hydrogens is 232 g/mol. The zero-order valence-corrected chi connectivity index (χ0v) is 10.4. The molecule has 2 aromatic rings. The summed E-state index contributed by atoms with van der Waals surface area (Å²) in [6.07, 6.45) is 5.22. The molecule has 2 rings (SSSR count). The Morgan fingerprint density at radius 3 is 2.78 bits per heavy atom. The zero-order chi connectivity index (χ0) is 13.1. The van der Waals surface area contributed by atoms with Crippen molar-refractivity contribution in [2.75, 3.05) is 6.61 Å². The first-order valence-electron chi connectivity index (χ1n) is 5.70. The van der Waals surface area contributed by atoms with Crippen LogP contribution in [0.2, 0.25) is 0 Å². The van der Waals surface area contributed by atoms with Crippen LogP contribution in [0.3, 0.4) is 0 Å². The molecule has 18 heavy (non-hydrogen) atoms. The molecule has 96 valence electrons. The van der Waals surface area contributed by atoms with Crippen molar-refractivity contribution in [3.63, 3.8) is 0 Å². The Morgan fingerprint density at radius 2 is 2.17 bits per heavy atom. The van der Waals surface area contributed by atoms with E-state index < -0.39 is 0 Å². The van der Waals surface area contributed by atoms with Crippen molar-refractivity contribution in [2.24, 2.45) is 7.05 Å². The van der Waals surface area contributed by atoms with Gasteiger partial charge in [0, 0.05) is 25.5 Å². The maximum absolute atomic E-state index is 12.1.